The van der Waals surface area contributed by atoms with Gasteiger partial charge in [-0.05, 0) is 37.5 Å². The Hall–Kier alpha value is -2.23. The van der Waals surface area contributed by atoms with E-state index < -0.39 is 0 Å². The predicted octanol–water partition coefficient (Wildman–Crippen LogP) is 2.79. The normalized spacial score (nSPS) is 10.4. The Morgan fingerprint density at radius 2 is 1.75 bits per heavy atom. The van der Waals surface area contributed by atoms with Crippen molar-refractivity contribution >= 4 is 11.7 Å². The minimum Gasteiger partial charge on any atom is -0.337 e. The topological polar surface area (TPSA) is 46.1 Å². The molecule has 0 atom stereocenters. The first-order valence-corrected chi connectivity index (χ1v) is 6.57. The van der Waals surface area contributed by atoms with Crippen LogP contribution >= 0.6 is 0 Å². The number of aryl methyl sites for hydroxylation is 2. The molecule has 2 rings (SSSR count). The second-order valence-electron chi connectivity index (χ2n) is 5.13. The van der Waals surface area contributed by atoms with Crippen LogP contribution in [-0.2, 0) is 4.79 Å². The molecule has 1 aromatic carbocycles. The van der Waals surface area contributed by atoms with Crippen LogP contribution in [0.4, 0.5) is 5.95 Å². The number of anilines is 1. The molecule has 20 heavy (non-hydrogen) atoms. The van der Waals surface area contributed by atoms with Gasteiger partial charge in [-0.2, -0.15) is 0 Å². The lowest BCUT2D eigenvalue weighted by molar-refractivity contribution is -0.115. The predicted molar refractivity (Wildman–Crippen MR) is 80.9 cm³/mol. The molecule has 0 aliphatic carbocycles. The zero-order valence-corrected chi connectivity index (χ0v) is 12.3. The van der Waals surface area contributed by atoms with E-state index >= 15 is 0 Å². The second kappa shape index (κ2) is 5.82. The standard InChI is InChI=1S/C16H19N3O/c1-11-5-6-14(7-12(11)2)15-8-17-16(18-9-15)19(4)10-13(3)20/h5-9H,10H2,1-4H3. The van der Waals surface area contributed by atoms with E-state index in [9.17, 15) is 4.79 Å². The number of hydrogen-bond acceptors (Lipinski definition) is 4. The molecule has 4 heteroatoms. The van der Waals surface area contributed by atoms with Crippen LogP contribution in [-0.4, -0.2) is 29.3 Å². The van der Waals surface area contributed by atoms with Crippen LogP contribution < -0.4 is 4.90 Å². The fraction of sp³-hybridized carbons (Fsp3) is 0.312. The van der Waals surface area contributed by atoms with Gasteiger partial charge in [0.15, 0.2) is 0 Å². The lowest BCUT2D eigenvalue weighted by Crippen LogP contribution is -2.25. The molecule has 0 aliphatic rings. The zero-order chi connectivity index (χ0) is 14.7. The maximum Gasteiger partial charge on any atom is 0.225 e. The van der Waals surface area contributed by atoms with E-state index in [1.165, 1.54) is 11.1 Å². The van der Waals surface area contributed by atoms with Crippen molar-refractivity contribution in [1.29, 1.82) is 0 Å². The molecule has 2 aromatic rings. The number of likely N-dealkylation sites (N-methyl/N-ethyl adjacent to an activating group) is 1. The molecule has 0 saturated carbocycles. The van der Waals surface area contributed by atoms with Crippen molar-refractivity contribution in [2.45, 2.75) is 20.8 Å². The van der Waals surface area contributed by atoms with Crippen molar-refractivity contribution < 1.29 is 4.79 Å². The summed E-state index contributed by atoms with van der Waals surface area (Å²) in [6.07, 6.45) is 3.59. The van der Waals surface area contributed by atoms with Crippen molar-refractivity contribution in [2.24, 2.45) is 0 Å². The minimum absolute atomic E-state index is 0.0920. The zero-order valence-electron chi connectivity index (χ0n) is 12.3. The van der Waals surface area contributed by atoms with E-state index in [0.29, 0.717) is 12.5 Å². The van der Waals surface area contributed by atoms with Crippen LogP contribution in [0.3, 0.4) is 0 Å². The van der Waals surface area contributed by atoms with Gasteiger partial charge in [0.05, 0.1) is 6.54 Å². The summed E-state index contributed by atoms with van der Waals surface area (Å²) in [6, 6.07) is 6.30. The van der Waals surface area contributed by atoms with Crippen molar-refractivity contribution in [2.75, 3.05) is 18.5 Å². The molecule has 104 valence electrons. The van der Waals surface area contributed by atoms with Gasteiger partial charge in [0.1, 0.15) is 5.78 Å². The highest BCUT2D eigenvalue weighted by atomic mass is 16.1. The van der Waals surface area contributed by atoms with Crippen molar-refractivity contribution in [3.63, 3.8) is 0 Å². The Balaban J connectivity index is 2.23. The van der Waals surface area contributed by atoms with Crippen molar-refractivity contribution in [1.82, 2.24) is 9.97 Å². The lowest BCUT2D eigenvalue weighted by Gasteiger charge is -2.15. The minimum atomic E-state index is 0.0920. The van der Waals surface area contributed by atoms with Gasteiger partial charge in [-0.25, -0.2) is 9.97 Å². The third kappa shape index (κ3) is 3.20. The van der Waals surface area contributed by atoms with Crippen LogP contribution in [0, 0.1) is 13.8 Å². The number of aromatic nitrogens is 2. The molecule has 0 fully saturated rings. The summed E-state index contributed by atoms with van der Waals surface area (Å²) in [4.78, 5) is 21.5. The second-order valence-corrected chi connectivity index (χ2v) is 5.13. The molecule has 0 aliphatic heterocycles. The average molecular weight is 269 g/mol. The van der Waals surface area contributed by atoms with Crippen molar-refractivity contribution in [3.8, 4) is 11.1 Å². The quantitative estimate of drug-likeness (QED) is 0.856. The third-order valence-corrected chi connectivity index (χ3v) is 3.28. The first-order valence-electron chi connectivity index (χ1n) is 6.57. The first kappa shape index (κ1) is 14.2. The highest BCUT2D eigenvalue weighted by Gasteiger charge is 2.07. The van der Waals surface area contributed by atoms with Gasteiger partial charge in [0.2, 0.25) is 5.95 Å². The molecule has 0 spiro atoms. The Morgan fingerprint density at radius 3 is 2.30 bits per heavy atom. The molecular formula is C16H19N3O. The van der Waals surface area contributed by atoms with Crippen LogP contribution in [0.1, 0.15) is 18.1 Å². The van der Waals surface area contributed by atoms with Crippen molar-refractivity contribution in [3.05, 3.63) is 41.7 Å². The van der Waals surface area contributed by atoms with E-state index in [1.54, 1.807) is 24.2 Å². The molecule has 0 amide bonds. The van der Waals surface area contributed by atoms with Crippen LogP contribution in [0.2, 0.25) is 0 Å². The fourth-order valence-corrected chi connectivity index (χ4v) is 1.99. The van der Waals surface area contributed by atoms with Crippen LogP contribution in [0.5, 0.6) is 0 Å². The smallest absolute Gasteiger partial charge is 0.225 e. The number of hydrogen-bond donors (Lipinski definition) is 0. The van der Waals surface area contributed by atoms with Gasteiger partial charge in [0.25, 0.3) is 0 Å². The molecular weight excluding hydrogens is 250 g/mol. The molecule has 0 unspecified atom stereocenters. The summed E-state index contributed by atoms with van der Waals surface area (Å²) in [6.45, 7) is 6.06. The van der Waals surface area contributed by atoms with Gasteiger partial charge in [0, 0.05) is 25.0 Å². The number of rotatable bonds is 4. The number of ketones is 1. The van der Waals surface area contributed by atoms with E-state index in [1.807, 2.05) is 7.05 Å². The number of nitrogens with zero attached hydrogens (tertiary/aromatic N) is 3. The van der Waals surface area contributed by atoms with Crippen LogP contribution in [0.15, 0.2) is 30.6 Å². The third-order valence-electron chi connectivity index (χ3n) is 3.28. The van der Waals surface area contributed by atoms with Crippen LogP contribution in [0.25, 0.3) is 11.1 Å². The maximum atomic E-state index is 11.1. The van der Waals surface area contributed by atoms with E-state index in [2.05, 4.69) is 42.0 Å². The molecule has 0 saturated heterocycles. The Labute approximate surface area is 119 Å². The number of carbonyl (C=O) groups is 1. The SMILES string of the molecule is CC(=O)CN(C)c1ncc(-c2ccc(C)c(C)c2)cn1. The molecule has 1 aromatic heterocycles. The molecule has 0 radical (unpaired) electrons. The number of benzene rings is 1. The summed E-state index contributed by atoms with van der Waals surface area (Å²) in [7, 11) is 1.81. The lowest BCUT2D eigenvalue weighted by atomic mass is 10.0. The van der Waals surface area contributed by atoms with Gasteiger partial charge in [-0.3, -0.25) is 4.79 Å². The Kier molecular flexibility index (Phi) is 4.13. The Morgan fingerprint density at radius 1 is 1.10 bits per heavy atom. The van der Waals surface area contributed by atoms with Gasteiger partial charge >= 0.3 is 0 Å². The summed E-state index contributed by atoms with van der Waals surface area (Å²) < 4.78 is 0. The average Bonchev–Trinajstić information content (AvgIpc) is 2.41. The van der Waals surface area contributed by atoms with E-state index in [-0.39, 0.29) is 5.78 Å². The monoisotopic (exact) mass is 269 g/mol. The van der Waals surface area contributed by atoms with Gasteiger partial charge < -0.3 is 4.90 Å². The van der Waals surface area contributed by atoms with E-state index in [4.69, 9.17) is 0 Å². The molecule has 0 N–H and O–H groups in total. The fourth-order valence-electron chi connectivity index (χ4n) is 1.99. The summed E-state index contributed by atoms with van der Waals surface area (Å²) in [5.41, 5.74) is 4.61. The molecule has 4 nitrogen and oxygen atoms in total. The summed E-state index contributed by atoms with van der Waals surface area (Å²) >= 11 is 0. The van der Waals surface area contributed by atoms with E-state index in [0.717, 1.165) is 11.1 Å². The largest absolute Gasteiger partial charge is 0.337 e. The summed E-state index contributed by atoms with van der Waals surface area (Å²) in [5.74, 6) is 0.655. The number of Topliss-reactive ketones (excluding diaryl/α,β-unsaturated/α-hetero) is 1. The maximum absolute atomic E-state index is 11.1. The Bertz CT molecular complexity index is 620. The highest BCUT2D eigenvalue weighted by Crippen LogP contribution is 2.21. The first-order chi connectivity index (χ1) is 9.47. The highest BCUT2D eigenvalue weighted by molar-refractivity contribution is 5.80. The van der Waals surface area contributed by atoms with Gasteiger partial charge in [-0.15, -0.1) is 0 Å². The molecule has 1 heterocycles. The van der Waals surface area contributed by atoms with Gasteiger partial charge in [-0.1, -0.05) is 18.2 Å². The summed E-state index contributed by atoms with van der Waals surface area (Å²) in [5, 5.41) is 0. The molecule has 0 bridgehead atoms. The number of carbonyl (C=O) groups excluding carboxylic acids is 1.